The summed E-state index contributed by atoms with van der Waals surface area (Å²) in [6.07, 6.45) is -3.90. The Morgan fingerprint density at radius 1 is 1.00 bits per heavy atom. The van der Waals surface area contributed by atoms with Gasteiger partial charge in [0, 0.05) is 51.1 Å². The van der Waals surface area contributed by atoms with E-state index in [1.807, 2.05) is 6.07 Å². The zero-order chi connectivity index (χ0) is 27.8. The van der Waals surface area contributed by atoms with Crippen LogP contribution in [0.15, 0.2) is 42.5 Å². The van der Waals surface area contributed by atoms with Crippen LogP contribution in [0.5, 0.6) is 5.75 Å². The molecule has 0 radical (unpaired) electrons. The maximum atomic E-state index is 13.4. The van der Waals surface area contributed by atoms with Crippen LogP contribution >= 0.6 is 23.2 Å². The molecule has 0 bridgehead atoms. The molecule has 2 amide bonds. The van der Waals surface area contributed by atoms with Crippen molar-refractivity contribution in [3.8, 4) is 5.75 Å². The summed E-state index contributed by atoms with van der Waals surface area (Å²) in [6.45, 7) is 3.37. The summed E-state index contributed by atoms with van der Waals surface area (Å²) < 4.78 is 70.6. The lowest BCUT2D eigenvalue weighted by Gasteiger charge is -2.35. The first-order valence-electron chi connectivity index (χ1n) is 12.0. The molecular formula is C25H28Cl2F3N3O4S. The summed E-state index contributed by atoms with van der Waals surface area (Å²) in [5.41, 5.74) is 0.0285. The van der Waals surface area contributed by atoms with E-state index < -0.39 is 27.9 Å². The topological polar surface area (TPSA) is 70.2 Å². The van der Waals surface area contributed by atoms with Gasteiger partial charge in [-0.05, 0) is 42.8 Å². The van der Waals surface area contributed by atoms with Gasteiger partial charge in [-0.1, -0.05) is 35.3 Å². The van der Waals surface area contributed by atoms with Crippen molar-refractivity contribution in [2.45, 2.75) is 25.1 Å². The molecule has 3 unspecified atom stereocenters. The zero-order valence-corrected chi connectivity index (χ0v) is 23.1. The smallest absolute Gasteiger partial charge is 0.416 e. The molecule has 38 heavy (non-hydrogen) atoms. The monoisotopic (exact) mass is 593 g/mol. The van der Waals surface area contributed by atoms with Gasteiger partial charge in [-0.15, -0.1) is 0 Å². The van der Waals surface area contributed by atoms with Gasteiger partial charge in [0.2, 0.25) is 10.0 Å². The molecule has 0 saturated carbocycles. The number of carbonyl (C=O) groups excluding carboxylic acids is 1. The van der Waals surface area contributed by atoms with Gasteiger partial charge < -0.3 is 14.5 Å². The van der Waals surface area contributed by atoms with Crippen molar-refractivity contribution in [2.24, 2.45) is 5.92 Å². The van der Waals surface area contributed by atoms with Gasteiger partial charge in [-0.2, -0.15) is 17.5 Å². The van der Waals surface area contributed by atoms with Crippen LogP contribution in [-0.4, -0.2) is 80.2 Å². The number of rotatable bonds is 5. The van der Waals surface area contributed by atoms with Crippen molar-refractivity contribution >= 4 is 39.3 Å². The highest BCUT2D eigenvalue weighted by Crippen LogP contribution is 2.39. The molecule has 0 N–H and O–H groups in total. The summed E-state index contributed by atoms with van der Waals surface area (Å²) in [5.74, 6) is -0.392. The van der Waals surface area contributed by atoms with E-state index in [9.17, 15) is 26.4 Å². The Labute approximate surface area is 230 Å². The Bertz CT molecular complexity index is 1290. The summed E-state index contributed by atoms with van der Waals surface area (Å²) >= 11 is 12.4. The molecule has 208 valence electrons. The van der Waals surface area contributed by atoms with Gasteiger partial charge in [-0.3, -0.25) is 0 Å². The molecule has 0 aliphatic carbocycles. The predicted molar refractivity (Wildman–Crippen MR) is 139 cm³/mol. The van der Waals surface area contributed by atoms with Crippen molar-refractivity contribution in [1.82, 2.24) is 14.1 Å². The van der Waals surface area contributed by atoms with Gasteiger partial charge in [0.1, 0.15) is 11.9 Å². The van der Waals surface area contributed by atoms with E-state index in [-0.39, 0.29) is 49.8 Å². The van der Waals surface area contributed by atoms with Gasteiger partial charge in [-0.25, -0.2) is 13.2 Å². The highest BCUT2D eigenvalue weighted by atomic mass is 35.5. The average Bonchev–Trinajstić information content (AvgIpc) is 3.30. The summed E-state index contributed by atoms with van der Waals surface area (Å²) in [4.78, 5) is 16.7. The van der Waals surface area contributed by atoms with Gasteiger partial charge in [0.25, 0.3) is 0 Å². The minimum Gasteiger partial charge on any atom is -0.490 e. The third kappa shape index (κ3) is 6.50. The highest BCUT2D eigenvalue weighted by molar-refractivity contribution is 7.88. The molecule has 2 aromatic rings. The van der Waals surface area contributed by atoms with E-state index >= 15 is 0 Å². The summed E-state index contributed by atoms with van der Waals surface area (Å²) in [5, 5.41) is 0.742. The lowest BCUT2D eigenvalue weighted by Crippen LogP contribution is -2.53. The Hall–Kier alpha value is -2.21. The number of benzene rings is 2. The second kappa shape index (κ2) is 11.1. The number of piperazine rings is 1. The molecule has 2 aliphatic heterocycles. The largest absolute Gasteiger partial charge is 0.490 e. The number of likely N-dealkylation sites (tertiary alicyclic amines) is 1. The number of hydrogen-bond donors (Lipinski definition) is 0. The first-order valence-corrected chi connectivity index (χ1v) is 14.6. The Morgan fingerprint density at radius 2 is 1.68 bits per heavy atom. The third-order valence-corrected chi connectivity index (χ3v) is 9.11. The minimum atomic E-state index is -4.50. The second-order valence-corrected chi connectivity index (χ2v) is 12.4. The first-order chi connectivity index (χ1) is 17.7. The van der Waals surface area contributed by atoms with E-state index in [0.717, 1.165) is 24.0 Å². The summed E-state index contributed by atoms with van der Waals surface area (Å²) in [6, 6.07) is 9.71. The summed E-state index contributed by atoms with van der Waals surface area (Å²) in [7, 11) is -3.34. The lowest BCUT2D eigenvalue weighted by atomic mass is 9.85. The zero-order valence-electron chi connectivity index (χ0n) is 20.8. The van der Waals surface area contributed by atoms with Crippen LogP contribution in [0.2, 0.25) is 10.0 Å². The van der Waals surface area contributed by atoms with E-state index in [1.54, 1.807) is 28.9 Å². The Morgan fingerprint density at radius 3 is 2.29 bits per heavy atom. The van der Waals surface area contributed by atoms with E-state index in [4.69, 9.17) is 27.9 Å². The van der Waals surface area contributed by atoms with Crippen molar-refractivity contribution in [3.63, 3.8) is 0 Å². The molecule has 0 spiro atoms. The molecule has 7 nitrogen and oxygen atoms in total. The third-order valence-electron chi connectivity index (χ3n) is 7.07. The first kappa shape index (κ1) is 28.8. The number of hydrogen-bond acceptors (Lipinski definition) is 4. The molecule has 0 aromatic heterocycles. The van der Waals surface area contributed by atoms with Gasteiger partial charge >= 0.3 is 12.2 Å². The highest BCUT2D eigenvalue weighted by Gasteiger charge is 2.42. The Kier molecular flexibility index (Phi) is 8.42. The van der Waals surface area contributed by atoms with Crippen LogP contribution in [0, 0.1) is 5.92 Å². The fourth-order valence-electron chi connectivity index (χ4n) is 5.02. The normalized spacial score (nSPS) is 22.0. The van der Waals surface area contributed by atoms with E-state index in [0.29, 0.717) is 23.1 Å². The number of carbonyl (C=O) groups is 1. The SMILES string of the molecule is CC(Oc1cccc(C(F)(F)F)c1)C1CN(C(=O)N2CCN(S(C)(=O)=O)CC2)CC1c1ccc(Cl)c(Cl)c1. The van der Waals surface area contributed by atoms with Crippen LogP contribution in [0.3, 0.4) is 0 Å². The minimum absolute atomic E-state index is 0.0851. The van der Waals surface area contributed by atoms with Crippen molar-refractivity contribution in [3.05, 3.63) is 63.6 Å². The number of nitrogens with zero attached hydrogens (tertiary/aromatic N) is 3. The fraction of sp³-hybridized carbons (Fsp3) is 0.480. The predicted octanol–water partition coefficient (Wildman–Crippen LogP) is 5.19. The number of halogens is 5. The molecule has 13 heteroatoms. The standard InChI is InChI=1S/C25H28Cl2F3N3O4S/c1-16(37-19-5-3-4-18(13-19)25(28,29)30)20-14-32(15-21(20)17-6-7-22(26)23(27)12-17)24(34)31-8-10-33(11-9-31)38(2,35)36/h3-7,12-13,16,20-21H,8-11,14-15H2,1-2H3. The van der Waals surface area contributed by atoms with Crippen LogP contribution in [0.25, 0.3) is 0 Å². The molecule has 2 aliphatic rings. The van der Waals surface area contributed by atoms with Crippen molar-refractivity contribution in [1.29, 1.82) is 0 Å². The molecule has 2 fully saturated rings. The number of urea groups is 1. The fourth-order valence-corrected chi connectivity index (χ4v) is 6.15. The maximum absolute atomic E-state index is 13.4. The molecular weight excluding hydrogens is 566 g/mol. The number of ether oxygens (including phenoxy) is 1. The number of alkyl halides is 3. The van der Waals surface area contributed by atoms with Crippen molar-refractivity contribution in [2.75, 3.05) is 45.5 Å². The quantitative estimate of drug-likeness (QED) is 0.478. The molecule has 3 atom stereocenters. The Balaban J connectivity index is 1.54. The average molecular weight is 594 g/mol. The van der Waals surface area contributed by atoms with Crippen molar-refractivity contribution < 1.29 is 31.1 Å². The number of sulfonamides is 1. The van der Waals surface area contributed by atoms with E-state index in [2.05, 4.69) is 0 Å². The maximum Gasteiger partial charge on any atom is 0.416 e. The van der Waals surface area contributed by atoms with Crippen LogP contribution < -0.4 is 4.74 Å². The van der Waals surface area contributed by atoms with Crippen LogP contribution in [-0.2, 0) is 16.2 Å². The van der Waals surface area contributed by atoms with Gasteiger partial charge in [0.15, 0.2) is 0 Å². The van der Waals surface area contributed by atoms with Gasteiger partial charge in [0.05, 0.1) is 21.9 Å². The second-order valence-electron chi connectivity index (χ2n) is 9.63. The van der Waals surface area contributed by atoms with E-state index in [1.165, 1.54) is 16.4 Å². The number of amides is 2. The molecule has 2 aromatic carbocycles. The molecule has 2 saturated heterocycles. The van der Waals surface area contributed by atoms with Crippen LogP contribution in [0.1, 0.15) is 24.0 Å². The lowest BCUT2D eigenvalue weighted by molar-refractivity contribution is -0.137. The molecule has 2 heterocycles. The van der Waals surface area contributed by atoms with Crippen LogP contribution in [0.4, 0.5) is 18.0 Å². The molecule has 4 rings (SSSR count).